The molecule has 0 aromatic heterocycles. The van der Waals surface area contributed by atoms with Crippen molar-refractivity contribution in [3.63, 3.8) is 0 Å². The summed E-state index contributed by atoms with van der Waals surface area (Å²) in [5.41, 5.74) is 0.223. The SMILES string of the molecule is CN1O[C@H](O[Si](C)(C)C(C)(C)C)C[C@@H]1C(C)(C)C. The average molecular weight is 273 g/mol. The molecule has 0 bridgehead atoms. The first-order valence-electron chi connectivity index (χ1n) is 6.92. The van der Waals surface area contributed by atoms with Crippen LogP contribution < -0.4 is 0 Å². The molecule has 1 rings (SSSR count). The second-order valence-corrected chi connectivity index (χ2v) is 12.8. The fraction of sp³-hybridized carbons (Fsp3) is 1.00. The van der Waals surface area contributed by atoms with Gasteiger partial charge in [0.25, 0.3) is 0 Å². The molecule has 0 radical (unpaired) electrons. The van der Waals surface area contributed by atoms with E-state index in [0.29, 0.717) is 6.04 Å². The molecule has 0 amide bonds. The van der Waals surface area contributed by atoms with Gasteiger partial charge in [-0.05, 0) is 23.5 Å². The maximum Gasteiger partial charge on any atom is 0.195 e. The Morgan fingerprint density at radius 2 is 1.61 bits per heavy atom. The van der Waals surface area contributed by atoms with Crippen molar-refractivity contribution in [2.24, 2.45) is 5.41 Å². The van der Waals surface area contributed by atoms with Crippen LogP contribution in [0.15, 0.2) is 0 Å². The van der Waals surface area contributed by atoms with Gasteiger partial charge < -0.3 is 4.43 Å². The van der Waals surface area contributed by atoms with Gasteiger partial charge in [-0.2, -0.15) is 5.06 Å². The lowest BCUT2D eigenvalue weighted by atomic mass is 9.85. The van der Waals surface area contributed by atoms with E-state index in [9.17, 15) is 0 Å². The second kappa shape index (κ2) is 4.89. The van der Waals surface area contributed by atoms with Gasteiger partial charge in [0, 0.05) is 19.5 Å². The van der Waals surface area contributed by atoms with E-state index < -0.39 is 8.32 Å². The molecule has 18 heavy (non-hydrogen) atoms. The van der Waals surface area contributed by atoms with Gasteiger partial charge in [0.1, 0.15) is 0 Å². The molecule has 0 N–H and O–H groups in total. The third-order valence-corrected chi connectivity index (χ3v) is 8.83. The zero-order chi connectivity index (χ0) is 14.4. The summed E-state index contributed by atoms with van der Waals surface area (Å²) >= 11 is 0. The van der Waals surface area contributed by atoms with E-state index in [1.807, 2.05) is 12.1 Å². The highest BCUT2D eigenvalue weighted by Gasteiger charge is 2.45. The maximum absolute atomic E-state index is 6.33. The largest absolute Gasteiger partial charge is 0.391 e. The summed E-state index contributed by atoms with van der Waals surface area (Å²) in [5.74, 6) is 0. The highest BCUT2D eigenvalue weighted by Crippen LogP contribution is 2.40. The van der Waals surface area contributed by atoms with E-state index in [4.69, 9.17) is 9.26 Å². The van der Waals surface area contributed by atoms with Crippen LogP contribution in [0.1, 0.15) is 48.0 Å². The molecule has 0 aromatic rings. The first-order chi connectivity index (χ1) is 7.84. The van der Waals surface area contributed by atoms with Crippen molar-refractivity contribution in [2.75, 3.05) is 7.05 Å². The van der Waals surface area contributed by atoms with Crippen LogP contribution in [0.5, 0.6) is 0 Å². The van der Waals surface area contributed by atoms with E-state index in [2.05, 4.69) is 54.6 Å². The summed E-state index contributed by atoms with van der Waals surface area (Å²) in [6.45, 7) is 18.1. The van der Waals surface area contributed by atoms with Crippen LogP contribution in [-0.2, 0) is 9.26 Å². The van der Waals surface area contributed by atoms with E-state index >= 15 is 0 Å². The molecule has 1 saturated heterocycles. The molecule has 0 unspecified atom stereocenters. The summed E-state index contributed by atoms with van der Waals surface area (Å²) in [4.78, 5) is 5.88. The number of hydrogen-bond donors (Lipinski definition) is 0. The summed E-state index contributed by atoms with van der Waals surface area (Å²) in [6.07, 6.45) is 0.895. The minimum Gasteiger partial charge on any atom is -0.391 e. The van der Waals surface area contributed by atoms with Crippen LogP contribution in [-0.4, -0.2) is 32.8 Å². The van der Waals surface area contributed by atoms with Crippen molar-refractivity contribution in [3.8, 4) is 0 Å². The van der Waals surface area contributed by atoms with Crippen molar-refractivity contribution >= 4 is 8.32 Å². The molecule has 0 saturated carbocycles. The Bertz CT molecular complexity index is 291. The highest BCUT2D eigenvalue weighted by atomic mass is 28.4. The Hall–Kier alpha value is 0.0969. The molecule has 0 spiro atoms. The van der Waals surface area contributed by atoms with Crippen LogP contribution in [0.2, 0.25) is 18.1 Å². The van der Waals surface area contributed by atoms with Crippen LogP contribution in [0, 0.1) is 5.41 Å². The quantitative estimate of drug-likeness (QED) is 0.709. The van der Waals surface area contributed by atoms with Gasteiger partial charge in [-0.25, -0.2) is 0 Å². The van der Waals surface area contributed by atoms with Gasteiger partial charge >= 0.3 is 0 Å². The van der Waals surface area contributed by atoms with Gasteiger partial charge in [0.2, 0.25) is 0 Å². The van der Waals surface area contributed by atoms with Crippen molar-refractivity contribution in [1.29, 1.82) is 0 Å². The third kappa shape index (κ3) is 3.56. The molecule has 0 aromatic carbocycles. The molecule has 0 aliphatic carbocycles. The fourth-order valence-electron chi connectivity index (χ4n) is 2.11. The van der Waals surface area contributed by atoms with Gasteiger partial charge in [-0.3, -0.25) is 4.84 Å². The van der Waals surface area contributed by atoms with Crippen molar-refractivity contribution in [2.45, 2.75) is 78.4 Å². The maximum atomic E-state index is 6.33. The standard InChI is InChI=1S/C14H31NO2Si/c1-13(2,3)11-10-12(16-15(11)7)17-18(8,9)14(4,5)6/h11-12H,10H2,1-9H3/t11-,12-/m1/s1. The summed E-state index contributed by atoms with van der Waals surface area (Å²) in [5, 5.41) is 2.21. The lowest BCUT2D eigenvalue weighted by Gasteiger charge is -2.37. The Labute approximate surface area is 114 Å². The van der Waals surface area contributed by atoms with Crippen LogP contribution in [0.25, 0.3) is 0 Å². The van der Waals surface area contributed by atoms with Crippen LogP contribution in [0.3, 0.4) is 0 Å². The first-order valence-corrected chi connectivity index (χ1v) is 9.83. The fourth-order valence-corrected chi connectivity index (χ4v) is 3.26. The van der Waals surface area contributed by atoms with E-state index in [1.165, 1.54) is 0 Å². The second-order valence-electron chi connectivity index (χ2n) is 8.08. The molecular formula is C14H31NO2Si. The number of rotatable bonds is 2. The molecule has 2 atom stereocenters. The summed E-state index contributed by atoms with van der Waals surface area (Å²) in [6, 6.07) is 0.423. The van der Waals surface area contributed by atoms with Crippen LogP contribution in [0.4, 0.5) is 0 Å². The van der Waals surface area contributed by atoms with Gasteiger partial charge in [0.15, 0.2) is 14.6 Å². The van der Waals surface area contributed by atoms with Crippen molar-refractivity contribution in [3.05, 3.63) is 0 Å². The predicted molar refractivity (Wildman–Crippen MR) is 78.8 cm³/mol. The minimum atomic E-state index is -1.74. The molecule has 1 aliphatic heterocycles. The number of nitrogens with zero attached hydrogens (tertiary/aromatic N) is 1. The van der Waals surface area contributed by atoms with Crippen LogP contribution >= 0.6 is 0 Å². The molecule has 4 heteroatoms. The smallest absolute Gasteiger partial charge is 0.195 e. The van der Waals surface area contributed by atoms with Crippen molar-refractivity contribution < 1.29 is 9.26 Å². The Morgan fingerprint density at radius 1 is 1.11 bits per heavy atom. The Morgan fingerprint density at radius 3 is 1.94 bits per heavy atom. The topological polar surface area (TPSA) is 21.7 Å². The normalized spacial score (nSPS) is 27.8. The van der Waals surface area contributed by atoms with Gasteiger partial charge in [-0.15, -0.1) is 0 Å². The zero-order valence-electron chi connectivity index (χ0n) is 13.6. The molecule has 1 heterocycles. The molecule has 1 aliphatic rings. The molecule has 108 valence electrons. The predicted octanol–water partition coefficient (Wildman–Crippen LogP) is 4.02. The van der Waals surface area contributed by atoms with Gasteiger partial charge in [-0.1, -0.05) is 41.5 Å². The van der Waals surface area contributed by atoms with Gasteiger partial charge in [0.05, 0.1) is 0 Å². The first kappa shape index (κ1) is 16.2. The van der Waals surface area contributed by atoms with E-state index in [0.717, 1.165) is 6.42 Å². The monoisotopic (exact) mass is 273 g/mol. The lowest BCUT2D eigenvalue weighted by molar-refractivity contribution is -0.209. The van der Waals surface area contributed by atoms with E-state index in [-0.39, 0.29) is 16.7 Å². The minimum absolute atomic E-state index is 0.0693. The molecule has 1 fully saturated rings. The molecular weight excluding hydrogens is 242 g/mol. The molecule has 3 nitrogen and oxygen atoms in total. The zero-order valence-corrected chi connectivity index (χ0v) is 14.6. The van der Waals surface area contributed by atoms with Crippen molar-refractivity contribution in [1.82, 2.24) is 5.06 Å². The summed E-state index contributed by atoms with van der Waals surface area (Å²) < 4.78 is 6.33. The van der Waals surface area contributed by atoms with E-state index in [1.54, 1.807) is 0 Å². The lowest BCUT2D eigenvalue weighted by Crippen LogP contribution is -2.44. The average Bonchev–Trinajstić information content (AvgIpc) is 2.42. The summed E-state index contributed by atoms with van der Waals surface area (Å²) in [7, 11) is 0.279. The Balaban J connectivity index is 2.68. The Kier molecular flexibility index (Phi) is 4.39. The number of hydrogen-bond acceptors (Lipinski definition) is 3. The number of hydroxylamine groups is 2. The third-order valence-electron chi connectivity index (χ3n) is 4.37. The highest BCUT2D eigenvalue weighted by molar-refractivity contribution is 6.74.